The van der Waals surface area contributed by atoms with E-state index in [1.165, 1.54) is 11.1 Å². The number of carbonyl (C=O) groups excluding carboxylic acids is 1. The van der Waals surface area contributed by atoms with Crippen LogP contribution in [0, 0.1) is 5.41 Å². The standard InChI is InChI=1S/C11H19N3O2/c1-11(2,3)16-10(15)14-5-4-8(6-12)9(13)7-14/h6,13H,4-5,7,12H2,1-3H3/b8-6-,13-9?. The van der Waals surface area contributed by atoms with Gasteiger partial charge in [0, 0.05) is 6.54 Å². The molecule has 3 N–H and O–H groups in total. The van der Waals surface area contributed by atoms with Gasteiger partial charge in [-0.25, -0.2) is 4.79 Å². The lowest BCUT2D eigenvalue weighted by atomic mass is 10.0. The second-order valence-corrected chi connectivity index (χ2v) is 4.82. The summed E-state index contributed by atoms with van der Waals surface area (Å²) in [5.41, 5.74) is 6.08. The molecule has 0 saturated carbocycles. The monoisotopic (exact) mass is 225 g/mol. The van der Waals surface area contributed by atoms with Gasteiger partial charge < -0.3 is 20.8 Å². The number of nitrogens with one attached hydrogen (secondary N) is 1. The summed E-state index contributed by atoms with van der Waals surface area (Å²) in [6.07, 6.45) is 1.69. The van der Waals surface area contributed by atoms with Gasteiger partial charge in [-0.3, -0.25) is 0 Å². The van der Waals surface area contributed by atoms with Crippen LogP contribution in [-0.4, -0.2) is 35.4 Å². The van der Waals surface area contributed by atoms with E-state index in [1.54, 1.807) is 0 Å². The fourth-order valence-electron chi connectivity index (χ4n) is 1.44. The van der Waals surface area contributed by atoms with Crippen LogP contribution in [0.15, 0.2) is 11.8 Å². The topological polar surface area (TPSA) is 79.4 Å². The first-order chi connectivity index (χ1) is 7.33. The van der Waals surface area contributed by atoms with Gasteiger partial charge in [0.2, 0.25) is 0 Å². The van der Waals surface area contributed by atoms with Crippen molar-refractivity contribution in [1.29, 1.82) is 5.41 Å². The Morgan fingerprint density at radius 2 is 2.19 bits per heavy atom. The maximum absolute atomic E-state index is 11.7. The number of piperidine rings is 1. The molecule has 1 saturated heterocycles. The molecule has 0 spiro atoms. The van der Waals surface area contributed by atoms with Gasteiger partial charge in [0.05, 0.1) is 12.3 Å². The summed E-state index contributed by atoms with van der Waals surface area (Å²) in [6.45, 7) is 6.31. The van der Waals surface area contributed by atoms with Gasteiger partial charge in [-0.2, -0.15) is 0 Å². The number of nitrogens with zero attached hydrogens (tertiary/aromatic N) is 1. The third-order valence-electron chi connectivity index (χ3n) is 2.24. The van der Waals surface area contributed by atoms with Crippen molar-refractivity contribution in [2.24, 2.45) is 5.73 Å². The summed E-state index contributed by atoms with van der Waals surface area (Å²) in [6, 6.07) is 0. The zero-order valence-corrected chi connectivity index (χ0v) is 10.0. The van der Waals surface area contributed by atoms with Crippen molar-refractivity contribution in [3.05, 3.63) is 11.8 Å². The third kappa shape index (κ3) is 3.25. The van der Waals surface area contributed by atoms with Crippen LogP contribution in [0.5, 0.6) is 0 Å². The Kier molecular flexibility index (Phi) is 3.57. The van der Waals surface area contributed by atoms with E-state index in [-0.39, 0.29) is 12.6 Å². The van der Waals surface area contributed by atoms with Crippen molar-refractivity contribution >= 4 is 11.8 Å². The van der Waals surface area contributed by atoms with Gasteiger partial charge >= 0.3 is 6.09 Å². The van der Waals surface area contributed by atoms with Crippen LogP contribution in [0.3, 0.4) is 0 Å². The molecular weight excluding hydrogens is 206 g/mol. The molecule has 0 unspecified atom stereocenters. The highest BCUT2D eigenvalue weighted by Crippen LogP contribution is 2.16. The van der Waals surface area contributed by atoms with Gasteiger partial charge in [0.25, 0.3) is 0 Å². The molecule has 0 bridgehead atoms. The first kappa shape index (κ1) is 12.5. The molecule has 0 aliphatic carbocycles. The van der Waals surface area contributed by atoms with E-state index in [0.29, 0.717) is 18.7 Å². The predicted octanol–water partition coefficient (Wildman–Crippen LogP) is 1.49. The highest BCUT2D eigenvalue weighted by Gasteiger charge is 2.26. The molecule has 0 atom stereocenters. The summed E-state index contributed by atoms with van der Waals surface area (Å²) < 4.78 is 5.23. The van der Waals surface area contributed by atoms with Crippen LogP contribution in [-0.2, 0) is 4.74 Å². The average Bonchev–Trinajstić information content (AvgIpc) is 2.15. The summed E-state index contributed by atoms with van der Waals surface area (Å²) in [5.74, 6) is 0. The lowest BCUT2D eigenvalue weighted by Crippen LogP contribution is -2.43. The normalized spacial score (nSPS) is 20.1. The van der Waals surface area contributed by atoms with Crippen LogP contribution in [0.25, 0.3) is 0 Å². The van der Waals surface area contributed by atoms with Crippen molar-refractivity contribution < 1.29 is 9.53 Å². The molecule has 16 heavy (non-hydrogen) atoms. The van der Waals surface area contributed by atoms with E-state index in [0.717, 1.165) is 5.57 Å². The molecule has 1 fully saturated rings. The van der Waals surface area contributed by atoms with E-state index in [4.69, 9.17) is 15.9 Å². The number of carbonyl (C=O) groups is 1. The molecule has 1 rings (SSSR count). The largest absolute Gasteiger partial charge is 0.444 e. The van der Waals surface area contributed by atoms with Crippen LogP contribution in [0.2, 0.25) is 0 Å². The van der Waals surface area contributed by atoms with Gasteiger partial charge in [0.15, 0.2) is 0 Å². The average molecular weight is 225 g/mol. The number of likely N-dealkylation sites (tertiary alicyclic amines) is 1. The maximum Gasteiger partial charge on any atom is 0.410 e. The minimum Gasteiger partial charge on any atom is -0.444 e. The molecule has 1 amide bonds. The van der Waals surface area contributed by atoms with E-state index in [1.807, 2.05) is 20.8 Å². The highest BCUT2D eigenvalue weighted by molar-refractivity contribution is 6.01. The van der Waals surface area contributed by atoms with Gasteiger partial charge in [0.1, 0.15) is 5.60 Å². The molecule has 0 aromatic carbocycles. The summed E-state index contributed by atoms with van der Waals surface area (Å²) in [5, 5.41) is 7.70. The molecule has 5 heteroatoms. The first-order valence-corrected chi connectivity index (χ1v) is 5.30. The van der Waals surface area contributed by atoms with Gasteiger partial charge in [-0.05, 0) is 39.0 Å². The van der Waals surface area contributed by atoms with Crippen LogP contribution < -0.4 is 5.73 Å². The summed E-state index contributed by atoms with van der Waals surface area (Å²) >= 11 is 0. The number of hydrogen-bond acceptors (Lipinski definition) is 4. The molecule has 90 valence electrons. The SMILES string of the molecule is CC(C)(C)OC(=O)N1CC/C(=C/N)C(=N)C1. The fraction of sp³-hybridized carbons (Fsp3) is 0.636. The number of hydrogen-bond donors (Lipinski definition) is 2. The number of amides is 1. The Balaban J connectivity index is 2.59. The molecule has 0 radical (unpaired) electrons. The van der Waals surface area contributed by atoms with Crippen molar-refractivity contribution in [2.45, 2.75) is 32.8 Å². The molecular formula is C11H19N3O2. The lowest BCUT2D eigenvalue weighted by molar-refractivity contribution is 0.0274. The van der Waals surface area contributed by atoms with Crippen molar-refractivity contribution in [1.82, 2.24) is 4.90 Å². The Morgan fingerprint density at radius 1 is 1.56 bits per heavy atom. The van der Waals surface area contributed by atoms with E-state index < -0.39 is 5.60 Å². The maximum atomic E-state index is 11.7. The number of rotatable bonds is 0. The summed E-state index contributed by atoms with van der Waals surface area (Å²) in [7, 11) is 0. The van der Waals surface area contributed by atoms with Crippen molar-refractivity contribution in [2.75, 3.05) is 13.1 Å². The zero-order chi connectivity index (χ0) is 12.3. The predicted molar refractivity (Wildman–Crippen MR) is 62.4 cm³/mol. The van der Waals surface area contributed by atoms with Crippen LogP contribution in [0.4, 0.5) is 4.79 Å². The molecule has 5 nitrogen and oxygen atoms in total. The molecule has 0 aromatic rings. The second kappa shape index (κ2) is 4.55. The zero-order valence-electron chi connectivity index (χ0n) is 10.0. The van der Waals surface area contributed by atoms with Crippen LogP contribution in [0.1, 0.15) is 27.2 Å². The Bertz CT molecular complexity index is 329. The molecule has 0 aromatic heterocycles. The number of nitrogens with two attached hydrogens (primary N) is 1. The Labute approximate surface area is 95.8 Å². The quantitative estimate of drug-likeness (QED) is 0.655. The van der Waals surface area contributed by atoms with Crippen molar-refractivity contribution in [3.8, 4) is 0 Å². The van der Waals surface area contributed by atoms with Crippen molar-refractivity contribution in [3.63, 3.8) is 0 Å². The smallest absolute Gasteiger partial charge is 0.410 e. The lowest BCUT2D eigenvalue weighted by Gasteiger charge is -2.31. The second-order valence-electron chi connectivity index (χ2n) is 4.82. The Hall–Kier alpha value is -1.52. The third-order valence-corrected chi connectivity index (χ3v) is 2.24. The molecule has 1 aliphatic heterocycles. The van der Waals surface area contributed by atoms with E-state index in [2.05, 4.69) is 0 Å². The van der Waals surface area contributed by atoms with Crippen LogP contribution >= 0.6 is 0 Å². The first-order valence-electron chi connectivity index (χ1n) is 5.30. The Morgan fingerprint density at radius 3 is 2.62 bits per heavy atom. The number of ether oxygens (including phenoxy) is 1. The van der Waals surface area contributed by atoms with Gasteiger partial charge in [-0.1, -0.05) is 0 Å². The summed E-state index contributed by atoms with van der Waals surface area (Å²) in [4.78, 5) is 13.2. The molecule has 1 heterocycles. The highest BCUT2D eigenvalue weighted by atomic mass is 16.6. The van der Waals surface area contributed by atoms with Gasteiger partial charge in [-0.15, -0.1) is 0 Å². The minimum atomic E-state index is -0.497. The van der Waals surface area contributed by atoms with E-state index in [9.17, 15) is 4.79 Å². The minimum absolute atomic E-state index is 0.276. The fourth-order valence-corrected chi connectivity index (χ4v) is 1.44. The molecule has 1 aliphatic rings. The van der Waals surface area contributed by atoms with E-state index >= 15 is 0 Å².